The second kappa shape index (κ2) is 63.2. The van der Waals surface area contributed by atoms with E-state index in [1.165, 1.54) is 0 Å². The molecule has 0 saturated heterocycles. The van der Waals surface area contributed by atoms with Crippen LogP contribution in [0.15, 0.2) is 0 Å². The molecule has 0 atom stereocenters. The van der Waals surface area contributed by atoms with Gasteiger partial charge in [-0.1, -0.05) is 0 Å². The fourth-order valence-electron chi connectivity index (χ4n) is 0. The maximum atomic E-state index is 8.52. The van der Waals surface area contributed by atoms with Gasteiger partial charge in [0.2, 0.25) is 0 Å². The predicted octanol–water partition coefficient (Wildman–Crippen LogP) is -20.9. The maximum Gasteiger partial charge on any atom is 4.00 e. The molecule has 0 saturated carbocycles. The van der Waals surface area contributed by atoms with Gasteiger partial charge in [0.05, 0.1) is 0 Å². The van der Waals surface area contributed by atoms with E-state index in [4.69, 9.17) is 98.4 Å². The average Bonchev–Trinajstić information content (AvgIpc) is 2.20. The van der Waals surface area contributed by atoms with E-state index in [2.05, 4.69) is 0 Å². The Kier molecular flexibility index (Phi) is 138. The first-order valence-electron chi connectivity index (χ1n) is 4.29. The van der Waals surface area contributed by atoms with Crippen LogP contribution >= 0.6 is 0 Å². The fourth-order valence-corrected chi connectivity index (χ4v) is 0. The van der Waals surface area contributed by atoms with E-state index in [1.54, 1.807) is 0 Å². The smallest absolute Gasteiger partial charge is 0.672 e. The summed E-state index contributed by atoms with van der Waals surface area (Å²) in [6, 6.07) is 0. The van der Waals surface area contributed by atoms with Gasteiger partial charge in [-0.15, -0.1) is 0 Å². The summed E-state index contributed by atoms with van der Waals surface area (Å²) in [6.45, 7) is 0. The first-order chi connectivity index (χ1) is 12.1. The zero-order valence-corrected chi connectivity index (χ0v) is 26.7. The molecular weight excluding hydrogens is 682 g/mol. The van der Waals surface area contributed by atoms with Gasteiger partial charge in [0.15, 0.2) is 0 Å². The Balaban J connectivity index is -0.0000000175. The van der Waals surface area contributed by atoms with Crippen molar-refractivity contribution >= 4 is 98.9 Å². The van der Waals surface area contributed by atoms with Crippen LogP contribution in [0.2, 0.25) is 0 Å². The molecule has 0 amide bonds. The third kappa shape index (κ3) is 698000. The van der Waals surface area contributed by atoms with Crippen molar-refractivity contribution in [2.24, 2.45) is 0 Å². The summed E-state index contributed by atoms with van der Waals surface area (Å²) in [6.07, 6.45) is 0. The molecule has 0 aromatic heterocycles. The largest absolute Gasteiger partial charge is 4.00 e. The van der Waals surface area contributed by atoms with Crippen LogP contribution in [0.3, 0.4) is 0 Å². The second-order valence-corrected chi connectivity index (χ2v) is 5.25. The third-order valence-corrected chi connectivity index (χ3v) is 0. The Morgan fingerprint density at radius 1 is 0.250 bits per heavy atom. The van der Waals surface area contributed by atoms with Gasteiger partial charge in [-0.3, -0.25) is 0 Å². The molecule has 0 aliphatic heterocycles. The summed E-state index contributed by atoms with van der Waals surface area (Å²) in [5, 5.41) is 0. The standard InChI is InChI=1S/2Al.7O3Si.2Ti/c;;7*1-4(2)3;;/q2*+3;7*-2;2*+4. The molecule has 168 valence electrons. The average molecular weight is 682 g/mol. The maximum absolute atomic E-state index is 8.52. The van der Waals surface area contributed by atoms with Gasteiger partial charge in [-0.2, -0.15) is 0 Å². The van der Waals surface area contributed by atoms with Crippen molar-refractivity contribution in [2.45, 2.75) is 0 Å². The van der Waals surface area contributed by atoms with Crippen LogP contribution in [0.1, 0.15) is 0 Å². The van der Waals surface area contributed by atoms with Gasteiger partial charge in [-0.25, -0.2) is 0 Å². The zero-order valence-electron chi connectivity index (χ0n) is 14.2. The minimum absolute atomic E-state index is 0. The van der Waals surface area contributed by atoms with Crippen LogP contribution in [0, 0.1) is 0 Å². The van der Waals surface area contributed by atoms with Crippen LogP contribution in [0.25, 0.3) is 0 Å². The van der Waals surface area contributed by atoms with Gasteiger partial charge in [-0.05, 0) is 0 Å². The van der Waals surface area contributed by atoms with Crippen molar-refractivity contribution in [3.05, 3.63) is 0 Å². The number of hydrogen-bond donors (Lipinski definition) is 0. The quantitative estimate of drug-likeness (QED) is 0.214. The van der Waals surface area contributed by atoms with E-state index in [0.29, 0.717) is 0 Å². The number of rotatable bonds is 0. The molecule has 0 unspecified atom stereocenters. The molecular formula is Al2O21Si7Ti2. The molecule has 32 heavy (non-hydrogen) atoms. The molecule has 0 fully saturated rings. The number of hydrogen-bond acceptors (Lipinski definition) is 21. The molecule has 0 bridgehead atoms. The molecule has 0 aliphatic carbocycles. The van der Waals surface area contributed by atoms with Gasteiger partial charge in [0, 0.05) is 64.2 Å². The summed E-state index contributed by atoms with van der Waals surface area (Å²) >= 11 is 0. The van der Waals surface area contributed by atoms with E-state index < -0.39 is 64.2 Å². The summed E-state index contributed by atoms with van der Waals surface area (Å²) < 4.78 is 59.6. The Hall–Kier alpha value is -0.188. The molecule has 0 aromatic rings. The third-order valence-electron chi connectivity index (χ3n) is 0. The minimum Gasteiger partial charge on any atom is -0.672 e. The van der Waals surface area contributed by atoms with Crippen LogP contribution < -0.4 is 67.1 Å². The molecule has 0 N–H and O–H groups in total. The summed E-state index contributed by atoms with van der Waals surface area (Å²) in [5.41, 5.74) is 0. The van der Waals surface area contributed by atoms with Gasteiger partial charge in [0.1, 0.15) is 0 Å². The first kappa shape index (κ1) is 69.7. The molecule has 0 heterocycles. The Labute approximate surface area is 238 Å². The van der Waals surface area contributed by atoms with Crippen molar-refractivity contribution < 1.29 is 142 Å². The molecule has 0 aromatic carbocycles. The molecule has 32 heteroatoms. The monoisotopic (exact) mass is 682 g/mol. The van der Waals surface area contributed by atoms with Crippen LogP contribution in [-0.2, 0) is 74.7 Å². The van der Waals surface area contributed by atoms with Crippen LogP contribution in [-0.4, -0.2) is 98.9 Å². The first-order valence-corrected chi connectivity index (χ1v) is 12.9. The molecule has 0 radical (unpaired) electrons. The van der Waals surface area contributed by atoms with E-state index in [0.717, 1.165) is 0 Å². The Bertz CT molecular complexity index is 323. The van der Waals surface area contributed by atoms with Crippen LogP contribution in [0.5, 0.6) is 0 Å². The molecule has 0 rings (SSSR count). The Morgan fingerprint density at radius 2 is 0.250 bits per heavy atom. The Morgan fingerprint density at radius 3 is 0.250 bits per heavy atom. The van der Waals surface area contributed by atoms with Crippen molar-refractivity contribution in [3.8, 4) is 0 Å². The van der Waals surface area contributed by atoms with Crippen molar-refractivity contribution in [1.82, 2.24) is 0 Å². The molecule has 0 aliphatic rings. The van der Waals surface area contributed by atoms with E-state index >= 15 is 0 Å². The summed E-state index contributed by atoms with van der Waals surface area (Å²) in [7, 11) is -25.4. The SMILES string of the molecule is O=[Si]([O-])[O-].O=[Si]([O-])[O-].O=[Si]([O-])[O-].O=[Si]([O-])[O-].O=[Si]([O-])[O-].O=[Si]([O-])[O-].O=[Si]([O-])[O-].[Al+3].[Al+3].[Ti+4].[Ti+4]. The van der Waals surface area contributed by atoms with E-state index in [9.17, 15) is 0 Å². The van der Waals surface area contributed by atoms with E-state index in [-0.39, 0.29) is 78.2 Å². The summed E-state index contributed by atoms with van der Waals surface area (Å²) in [5.74, 6) is 0. The second-order valence-electron chi connectivity index (χ2n) is 1.75. The van der Waals surface area contributed by atoms with Crippen molar-refractivity contribution in [3.63, 3.8) is 0 Å². The minimum atomic E-state index is -3.63. The van der Waals surface area contributed by atoms with Gasteiger partial charge >= 0.3 is 78.2 Å². The normalized spacial score (nSPS) is 5.25. The molecule has 0 spiro atoms. The van der Waals surface area contributed by atoms with Crippen LogP contribution in [0.4, 0.5) is 0 Å². The predicted molar refractivity (Wildman–Crippen MR) is 56.6 cm³/mol. The summed E-state index contributed by atoms with van der Waals surface area (Å²) in [4.78, 5) is 119. The zero-order chi connectivity index (χ0) is 25.0. The van der Waals surface area contributed by atoms with Gasteiger partial charge < -0.3 is 98.4 Å². The molecule has 21 nitrogen and oxygen atoms in total. The van der Waals surface area contributed by atoms with Gasteiger partial charge in [0.25, 0.3) is 0 Å². The van der Waals surface area contributed by atoms with E-state index in [1.807, 2.05) is 0 Å². The topological polar surface area (TPSA) is 442 Å². The van der Waals surface area contributed by atoms with Crippen molar-refractivity contribution in [1.29, 1.82) is 0 Å². The van der Waals surface area contributed by atoms with Crippen molar-refractivity contribution in [2.75, 3.05) is 0 Å². The fraction of sp³-hybridized carbons (Fsp3) is 0.